The number of halogens is 1. The lowest BCUT2D eigenvalue weighted by Crippen LogP contribution is -2.21. The number of ether oxygens (including phenoxy) is 1. The standard InChI is InChI=1S/C12H12ClNOS/c13-7-1-2-11-9(5-7)8-3-4-15-10(6-14)12(8)16-11/h1-2,5,10H,3-4,6,14H2. The molecule has 84 valence electrons. The van der Waals surface area contributed by atoms with E-state index < -0.39 is 0 Å². The zero-order valence-electron chi connectivity index (χ0n) is 8.70. The van der Waals surface area contributed by atoms with Crippen molar-refractivity contribution in [3.8, 4) is 0 Å². The van der Waals surface area contributed by atoms with Gasteiger partial charge in [-0.05, 0) is 35.6 Å². The molecular weight excluding hydrogens is 242 g/mol. The molecule has 1 unspecified atom stereocenters. The molecule has 0 saturated carbocycles. The van der Waals surface area contributed by atoms with Gasteiger partial charge in [-0.15, -0.1) is 11.3 Å². The van der Waals surface area contributed by atoms with Gasteiger partial charge in [0.2, 0.25) is 0 Å². The summed E-state index contributed by atoms with van der Waals surface area (Å²) in [6.45, 7) is 1.31. The summed E-state index contributed by atoms with van der Waals surface area (Å²) in [6.07, 6.45) is 1.03. The summed E-state index contributed by atoms with van der Waals surface area (Å²) < 4.78 is 6.94. The number of hydrogen-bond acceptors (Lipinski definition) is 3. The molecule has 1 aromatic carbocycles. The van der Waals surface area contributed by atoms with Crippen LogP contribution >= 0.6 is 22.9 Å². The first kappa shape index (κ1) is 10.5. The molecule has 0 saturated heterocycles. The molecule has 1 aliphatic rings. The van der Waals surface area contributed by atoms with Crippen LogP contribution in [0.4, 0.5) is 0 Å². The fourth-order valence-electron chi connectivity index (χ4n) is 2.21. The third kappa shape index (κ3) is 1.55. The summed E-state index contributed by atoms with van der Waals surface area (Å²) in [5, 5.41) is 2.07. The van der Waals surface area contributed by atoms with Crippen LogP contribution in [0.1, 0.15) is 16.5 Å². The highest BCUT2D eigenvalue weighted by Gasteiger charge is 2.24. The highest BCUT2D eigenvalue weighted by atomic mass is 35.5. The van der Waals surface area contributed by atoms with Crippen molar-refractivity contribution in [1.82, 2.24) is 0 Å². The molecule has 2 heterocycles. The first-order chi connectivity index (χ1) is 7.79. The zero-order valence-corrected chi connectivity index (χ0v) is 10.3. The molecule has 0 fully saturated rings. The van der Waals surface area contributed by atoms with Crippen molar-refractivity contribution in [3.05, 3.63) is 33.7 Å². The molecule has 2 N–H and O–H groups in total. The van der Waals surface area contributed by atoms with Crippen LogP contribution in [0.3, 0.4) is 0 Å². The normalized spacial score (nSPS) is 20.0. The maximum Gasteiger partial charge on any atom is 0.104 e. The van der Waals surface area contributed by atoms with Crippen LogP contribution in [0.25, 0.3) is 10.1 Å². The summed E-state index contributed by atoms with van der Waals surface area (Å²) in [7, 11) is 0. The second-order valence-corrected chi connectivity index (χ2v) is 5.45. The number of fused-ring (bicyclic) bond motifs is 3. The molecule has 0 amide bonds. The Morgan fingerprint density at radius 2 is 2.38 bits per heavy atom. The van der Waals surface area contributed by atoms with Gasteiger partial charge in [0.1, 0.15) is 6.10 Å². The predicted octanol–water partition coefficient (Wildman–Crippen LogP) is 3.13. The topological polar surface area (TPSA) is 35.2 Å². The van der Waals surface area contributed by atoms with E-state index in [0.29, 0.717) is 6.54 Å². The molecule has 1 aliphatic heterocycles. The lowest BCUT2D eigenvalue weighted by Gasteiger charge is -2.21. The average molecular weight is 254 g/mol. The molecule has 4 heteroatoms. The molecule has 1 atom stereocenters. The fourth-order valence-corrected chi connectivity index (χ4v) is 3.68. The molecular formula is C12H12ClNOS. The lowest BCUT2D eigenvalue weighted by atomic mass is 10.0. The number of benzene rings is 1. The van der Waals surface area contributed by atoms with Gasteiger partial charge in [-0.2, -0.15) is 0 Å². The Morgan fingerprint density at radius 3 is 3.19 bits per heavy atom. The third-order valence-corrected chi connectivity index (χ3v) is 4.50. The summed E-state index contributed by atoms with van der Waals surface area (Å²) in [6, 6.07) is 6.06. The van der Waals surface area contributed by atoms with Crippen LogP contribution in [-0.4, -0.2) is 13.2 Å². The number of nitrogens with two attached hydrogens (primary N) is 1. The van der Waals surface area contributed by atoms with E-state index in [-0.39, 0.29) is 6.10 Å². The Labute approximate surface area is 103 Å². The van der Waals surface area contributed by atoms with E-state index in [1.807, 2.05) is 12.1 Å². The fraction of sp³-hybridized carbons (Fsp3) is 0.333. The van der Waals surface area contributed by atoms with Gasteiger partial charge in [0.15, 0.2) is 0 Å². The van der Waals surface area contributed by atoms with Crippen LogP contribution in [-0.2, 0) is 11.2 Å². The van der Waals surface area contributed by atoms with Gasteiger partial charge < -0.3 is 10.5 Å². The van der Waals surface area contributed by atoms with E-state index in [9.17, 15) is 0 Å². The van der Waals surface area contributed by atoms with Crippen molar-refractivity contribution < 1.29 is 4.74 Å². The molecule has 2 nitrogen and oxygen atoms in total. The van der Waals surface area contributed by atoms with Gasteiger partial charge in [-0.25, -0.2) is 0 Å². The van der Waals surface area contributed by atoms with Gasteiger partial charge in [-0.1, -0.05) is 11.6 Å². The molecule has 1 aromatic heterocycles. The van der Waals surface area contributed by atoms with Crippen LogP contribution in [0.5, 0.6) is 0 Å². The summed E-state index contributed by atoms with van der Waals surface area (Å²) >= 11 is 7.81. The Morgan fingerprint density at radius 1 is 1.50 bits per heavy atom. The molecule has 16 heavy (non-hydrogen) atoms. The lowest BCUT2D eigenvalue weighted by molar-refractivity contribution is 0.0519. The van der Waals surface area contributed by atoms with Crippen LogP contribution in [0, 0.1) is 0 Å². The second-order valence-electron chi connectivity index (χ2n) is 3.93. The van der Waals surface area contributed by atoms with E-state index in [2.05, 4.69) is 6.07 Å². The zero-order chi connectivity index (χ0) is 11.1. The minimum absolute atomic E-state index is 0.0694. The van der Waals surface area contributed by atoms with E-state index >= 15 is 0 Å². The van der Waals surface area contributed by atoms with Gasteiger partial charge in [0.05, 0.1) is 6.61 Å². The molecule has 2 aromatic rings. The second kappa shape index (κ2) is 4.00. The summed E-state index contributed by atoms with van der Waals surface area (Å²) in [5.74, 6) is 0. The first-order valence-corrected chi connectivity index (χ1v) is 6.51. The minimum atomic E-state index is 0.0694. The Hall–Kier alpha value is -0.610. The van der Waals surface area contributed by atoms with Crippen molar-refractivity contribution in [2.75, 3.05) is 13.2 Å². The van der Waals surface area contributed by atoms with Crippen molar-refractivity contribution in [3.63, 3.8) is 0 Å². The van der Waals surface area contributed by atoms with E-state index in [4.69, 9.17) is 22.1 Å². The smallest absolute Gasteiger partial charge is 0.104 e. The predicted molar refractivity (Wildman–Crippen MR) is 68.3 cm³/mol. The monoisotopic (exact) mass is 253 g/mol. The van der Waals surface area contributed by atoms with Gasteiger partial charge >= 0.3 is 0 Å². The molecule has 0 aliphatic carbocycles. The Kier molecular flexibility index (Phi) is 2.64. The third-order valence-electron chi connectivity index (χ3n) is 2.96. The number of thiophene rings is 1. The molecule has 3 rings (SSSR count). The van der Waals surface area contributed by atoms with Gasteiger partial charge in [-0.3, -0.25) is 0 Å². The van der Waals surface area contributed by atoms with E-state index in [1.54, 1.807) is 11.3 Å². The van der Waals surface area contributed by atoms with Crippen molar-refractivity contribution in [2.24, 2.45) is 5.73 Å². The Bertz CT molecular complexity index is 537. The minimum Gasteiger partial charge on any atom is -0.371 e. The highest BCUT2D eigenvalue weighted by Crippen LogP contribution is 2.40. The SMILES string of the molecule is NCC1OCCc2c1sc1ccc(Cl)cc21. The summed E-state index contributed by atoms with van der Waals surface area (Å²) in [4.78, 5) is 1.28. The van der Waals surface area contributed by atoms with Gasteiger partial charge in [0.25, 0.3) is 0 Å². The quantitative estimate of drug-likeness (QED) is 0.848. The van der Waals surface area contributed by atoms with Crippen molar-refractivity contribution in [1.29, 1.82) is 0 Å². The van der Waals surface area contributed by atoms with Crippen LogP contribution in [0.15, 0.2) is 18.2 Å². The highest BCUT2D eigenvalue weighted by molar-refractivity contribution is 7.19. The summed E-state index contributed by atoms with van der Waals surface area (Å²) in [5.41, 5.74) is 7.10. The van der Waals surface area contributed by atoms with Crippen LogP contribution < -0.4 is 5.73 Å². The van der Waals surface area contributed by atoms with Crippen molar-refractivity contribution >= 4 is 33.0 Å². The number of rotatable bonds is 1. The van der Waals surface area contributed by atoms with E-state index in [0.717, 1.165) is 18.1 Å². The molecule has 0 bridgehead atoms. The Balaban J connectivity index is 2.24. The molecule has 0 radical (unpaired) electrons. The number of hydrogen-bond donors (Lipinski definition) is 1. The largest absolute Gasteiger partial charge is 0.371 e. The maximum atomic E-state index is 6.04. The van der Waals surface area contributed by atoms with Crippen molar-refractivity contribution in [2.45, 2.75) is 12.5 Å². The van der Waals surface area contributed by atoms with Crippen LogP contribution in [0.2, 0.25) is 5.02 Å². The van der Waals surface area contributed by atoms with Gasteiger partial charge in [0, 0.05) is 21.1 Å². The average Bonchev–Trinajstić information content (AvgIpc) is 2.67. The first-order valence-electron chi connectivity index (χ1n) is 5.32. The van der Waals surface area contributed by atoms with E-state index in [1.165, 1.54) is 20.5 Å². The molecule has 0 spiro atoms. The maximum absolute atomic E-state index is 6.04.